The molecule has 0 bridgehead atoms. The van der Waals surface area contributed by atoms with E-state index in [1.165, 1.54) is 0 Å². The molecule has 0 aromatic carbocycles. The van der Waals surface area contributed by atoms with Crippen LogP contribution in [-0.4, -0.2) is 25.2 Å². The fourth-order valence-corrected chi connectivity index (χ4v) is 25.6. The Morgan fingerprint density at radius 2 is 0.583 bits per heavy atom. The Balaban J connectivity index is 3.44. The quantitative estimate of drug-likeness (QED) is 0.353. The molecular weight excluding hydrogens is 342 g/mol. The van der Waals surface area contributed by atoms with Gasteiger partial charge < -0.3 is 13.9 Å². The SMILES string of the molecule is C=CC[Si]1(CC=C)N[Si](CC=C)(CC=C)N[Si](CC=C)(CC=C)N1. The third-order valence-electron chi connectivity index (χ3n) is 4.39. The molecule has 1 rings (SSSR count). The van der Waals surface area contributed by atoms with Gasteiger partial charge in [-0.3, -0.25) is 0 Å². The van der Waals surface area contributed by atoms with Crippen LogP contribution in [0, 0.1) is 0 Å². The summed E-state index contributed by atoms with van der Waals surface area (Å²) in [5.74, 6) is 0. The van der Waals surface area contributed by atoms with Crippen molar-refractivity contribution in [3.8, 4) is 0 Å². The van der Waals surface area contributed by atoms with E-state index < -0.39 is 25.2 Å². The minimum Gasteiger partial charge on any atom is -0.335 e. The van der Waals surface area contributed by atoms with Gasteiger partial charge in [-0.1, -0.05) is 36.5 Å². The van der Waals surface area contributed by atoms with E-state index in [0.29, 0.717) is 0 Å². The lowest BCUT2D eigenvalue weighted by atomic mass is 10.7. The Kier molecular flexibility index (Phi) is 8.28. The first-order valence-electron chi connectivity index (χ1n) is 8.52. The summed E-state index contributed by atoms with van der Waals surface area (Å²) in [7, 11) is -5.91. The zero-order valence-corrected chi connectivity index (χ0v) is 17.9. The molecule has 1 fully saturated rings. The number of hydrogen-bond donors (Lipinski definition) is 3. The summed E-state index contributed by atoms with van der Waals surface area (Å²) >= 11 is 0. The maximum Gasteiger partial charge on any atom is 0.197 e. The van der Waals surface area contributed by atoms with Gasteiger partial charge in [0.15, 0.2) is 25.2 Å². The molecule has 1 saturated heterocycles. The molecule has 24 heavy (non-hydrogen) atoms. The van der Waals surface area contributed by atoms with E-state index in [1.54, 1.807) is 0 Å². The molecule has 6 heteroatoms. The first-order chi connectivity index (χ1) is 11.5. The molecular formula is C18H33N3Si3. The zero-order valence-electron chi connectivity index (χ0n) is 14.9. The second-order valence-corrected chi connectivity index (χ2v) is 18.5. The first kappa shape index (κ1) is 21.0. The van der Waals surface area contributed by atoms with Crippen molar-refractivity contribution in [2.75, 3.05) is 0 Å². The largest absolute Gasteiger partial charge is 0.335 e. The highest BCUT2D eigenvalue weighted by atomic mass is 28.5. The summed E-state index contributed by atoms with van der Waals surface area (Å²) < 4.78 is 12.3. The van der Waals surface area contributed by atoms with Gasteiger partial charge in [0.2, 0.25) is 0 Å². The molecule has 0 amide bonds. The monoisotopic (exact) mass is 375 g/mol. The molecule has 132 valence electrons. The van der Waals surface area contributed by atoms with Crippen molar-refractivity contribution in [1.29, 1.82) is 0 Å². The number of allylic oxidation sites excluding steroid dienone is 6. The van der Waals surface area contributed by atoms with Gasteiger partial charge in [0.05, 0.1) is 0 Å². The van der Waals surface area contributed by atoms with Crippen molar-refractivity contribution < 1.29 is 0 Å². The Labute approximate surface area is 151 Å². The van der Waals surface area contributed by atoms with Crippen LogP contribution in [0.3, 0.4) is 0 Å². The lowest BCUT2D eigenvalue weighted by Crippen LogP contribution is -2.91. The molecule has 1 heterocycles. The van der Waals surface area contributed by atoms with Crippen molar-refractivity contribution in [2.24, 2.45) is 0 Å². The first-order valence-corrected chi connectivity index (χ1v) is 15.8. The molecule has 0 unspecified atom stereocenters. The second-order valence-electron chi connectivity index (χ2n) is 6.58. The Bertz CT molecular complexity index is 388. The van der Waals surface area contributed by atoms with E-state index in [4.69, 9.17) is 0 Å². The third kappa shape index (κ3) is 4.98. The van der Waals surface area contributed by atoms with Crippen LogP contribution in [0.4, 0.5) is 0 Å². The van der Waals surface area contributed by atoms with Gasteiger partial charge in [-0.25, -0.2) is 0 Å². The third-order valence-corrected chi connectivity index (χ3v) is 21.8. The van der Waals surface area contributed by atoms with Crippen LogP contribution < -0.4 is 13.9 Å². The summed E-state index contributed by atoms with van der Waals surface area (Å²) in [6.07, 6.45) is 12.3. The molecule has 0 atom stereocenters. The maximum absolute atomic E-state index is 4.09. The number of rotatable bonds is 12. The topological polar surface area (TPSA) is 36.1 Å². The van der Waals surface area contributed by atoms with Crippen molar-refractivity contribution in [1.82, 2.24) is 13.9 Å². The van der Waals surface area contributed by atoms with E-state index in [2.05, 4.69) is 53.4 Å². The lowest BCUT2D eigenvalue weighted by Gasteiger charge is -2.55. The van der Waals surface area contributed by atoms with Gasteiger partial charge in [0.25, 0.3) is 0 Å². The molecule has 3 N–H and O–H groups in total. The number of nitrogens with one attached hydrogen (secondary N) is 3. The minimum absolute atomic E-state index is 0.979. The minimum atomic E-state index is -1.97. The maximum atomic E-state index is 4.09. The molecule has 0 aromatic heterocycles. The Morgan fingerprint density at radius 3 is 0.708 bits per heavy atom. The zero-order chi connectivity index (χ0) is 18.1. The highest BCUT2D eigenvalue weighted by molar-refractivity contribution is 7.07. The van der Waals surface area contributed by atoms with Gasteiger partial charge in [-0.05, 0) is 36.3 Å². The van der Waals surface area contributed by atoms with Crippen LogP contribution in [0.5, 0.6) is 0 Å². The lowest BCUT2D eigenvalue weighted by molar-refractivity contribution is 0.957. The average molecular weight is 376 g/mol. The van der Waals surface area contributed by atoms with E-state index in [9.17, 15) is 0 Å². The summed E-state index contributed by atoms with van der Waals surface area (Å²) in [5, 5.41) is 0. The summed E-state index contributed by atoms with van der Waals surface area (Å²) in [6, 6.07) is 5.87. The highest BCUT2D eigenvalue weighted by Crippen LogP contribution is 2.29. The molecule has 1 aliphatic rings. The van der Waals surface area contributed by atoms with Crippen molar-refractivity contribution in [3.05, 3.63) is 75.9 Å². The van der Waals surface area contributed by atoms with Crippen molar-refractivity contribution in [3.63, 3.8) is 0 Å². The molecule has 0 saturated carbocycles. The van der Waals surface area contributed by atoms with Crippen molar-refractivity contribution in [2.45, 2.75) is 36.3 Å². The molecule has 0 radical (unpaired) electrons. The predicted molar refractivity (Wildman–Crippen MR) is 117 cm³/mol. The van der Waals surface area contributed by atoms with Gasteiger partial charge in [-0.15, -0.1) is 39.5 Å². The van der Waals surface area contributed by atoms with Gasteiger partial charge >= 0.3 is 0 Å². The number of hydrogen-bond acceptors (Lipinski definition) is 3. The van der Waals surface area contributed by atoms with Crippen LogP contribution in [-0.2, 0) is 0 Å². The normalized spacial score (nSPS) is 20.5. The van der Waals surface area contributed by atoms with Crippen LogP contribution in [0.25, 0.3) is 0 Å². The molecule has 3 nitrogen and oxygen atoms in total. The van der Waals surface area contributed by atoms with Crippen molar-refractivity contribution >= 4 is 25.2 Å². The summed E-state index contributed by atoms with van der Waals surface area (Å²) in [4.78, 5) is 0. The van der Waals surface area contributed by atoms with Crippen LogP contribution >= 0.6 is 0 Å². The molecule has 1 aliphatic heterocycles. The van der Waals surface area contributed by atoms with Gasteiger partial charge in [0, 0.05) is 0 Å². The van der Waals surface area contributed by atoms with E-state index in [-0.39, 0.29) is 0 Å². The summed E-state index contributed by atoms with van der Waals surface area (Å²) in [6.45, 7) is 24.1. The Morgan fingerprint density at radius 1 is 0.417 bits per heavy atom. The fraction of sp³-hybridized carbons (Fsp3) is 0.333. The van der Waals surface area contributed by atoms with Crippen LogP contribution in [0.1, 0.15) is 0 Å². The smallest absolute Gasteiger partial charge is 0.197 e. The van der Waals surface area contributed by atoms with E-state index >= 15 is 0 Å². The van der Waals surface area contributed by atoms with Crippen LogP contribution in [0.2, 0.25) is 36.3 Å². The summed E-state index contributed by atoms with van der Waals surface area (Å²) in [5.41, 5.74) is 0. The van der Waals surface area contributed by atoms with E-state index in [0.717, 1.165) is 36.3 Å². The Hall–Kier alpha value is -1.03. The molecule has 0 spiro atoms. The van der Waals surface area contributed by atoms with Gasteiger partial charge in [-0.2, -0.15) is 0 Å². The average Bonchev–Trinajstić information content (AvgIpc) is 2.48. The predicted octanol–water partition coefficient (Wildman–Crippen LogP) is 4.21. The molecule has 0 aromatic rings. The second kappa shape index (κ2) is 9.45. The highest BCUT2D eigenvalue weighted by Gasteiger charge is 2.54. The standard InChI is InChI=1S/C18H33N3Si3/c1-7-13-22(14-8-2)19-23(15-9-3,16-10-4)21-24(20-22,17-11-5)18-12-6/h7-12,19-21H,1-6,13-18H2. The molecule has 0 aliphatic carbocycles. The van der Waals surface area contributed by atoms with Gasteiger partial charge in [0.1, 0.15) is 0 Å². The van der Waals surface area contributed by atoms with Crippen LogP contribution in [0.15, 0.2) is 75.9 Å². The van der Waals surface area contributed by atoms with E-state index in [1.807, 2.05) is 36.5 Å². The fourth-order valence-electron chi connectivity index (χ4n) is 3.81.